The van der Waals surface area contributed by atoms with E-state index < -0.39 is 5.91 Å². The van der Waals surface area contributed by atoms with E-state index in [9.17, 15) is 9.59 Å². The summed E-state index contributed by atoms with van der Waals surface area (Å²) < 4.78 is 0. The van der Waals surface area contributed by atoms with Gasteiger partial charge in [0.15, 0.2) is 10.8 Å². The van der Waals surface area contributed by atoms with Crippen LogP contribution < -0.4 is 5.32 Å². The summed E-state index contributed by atoms with van der Waals surface area (Å²) in [6.45, 7) is 0. The van der Waals surface area contributed by atoms with Gasteiger partial charge in [0.1, 0.15) is 0 Å². The Hall–Kier alpha value is -2.47. The number of rotatable bonds is 3. The van der Waals surface area contributed by atoms with E-state index in [-0.39, 0.29) is 16.8 Å². The van der Waals surface area contributed by atoms with Crippen molar-refractivity contribution in [3.63, 3.8) is 0 Å². The van der Waals surface area contributed by atoms with Gasteiger partial charge in [0.2, 0.25) is 0 Å². The number of nitrogens with one attached hydrogen (secondary N) is 1. The van der Waals surface area contributed by atoms with Gasteiger partial charge in [0.25, 0.3) is 11.8 Å². The summed E-state index contributed by atoms with van der Waals surface area (Å²) in [6.07, 6.45) is 0. The van der Waals surface area contributed by atoms with Crippen molar-refractivity contribution in [3.8, 4) is 0 Å². The van der Waals surface area contributed by atoms with Gasteiger partial charge in [0.05, 0.1) is 11.3 Å². The number of benzene rings is 1. The van der Waals surface area contributed by atoms with Crippen LogP contribution in [0.4, 0.5) is 5.69 Å². The van der Waals surface area contributed by atoms with Gasteiger partial charge in [-0.25, -0.2) is 0 Å². The van der Waals surface area contributed by atoms with Crippen molar-refractivity contribution in [3.05, 3.63) is 52.8 Å². The third kappa shape index (κ3) is 3.55. The molecule has 0 aliphatic heterocycles. The molecule has 1 aromatic heterocycles. The van der Waals surface area contributed by atoms with Gasteiger partial charge in [-0.2, -0.15) is 0 Å². The molecule has 0 aliphatic carbocycles. The number of hydrogen-bond donors (Lipinski definition) is 1. The summed E-state index contributed by atoms with van der Waals surface area (Å²) in [5.41, 5.74) is 0.933. The van der Waals surface area contributed by atoms with Crippen molar-refractivity contribution in [1.29, 1.82) is 0 Å². The van der Waals surface area contributed by atoms with E-state index in [1.54, 1.807) is 38.4 Å². The first-order valence-electron chi connectivity index (χ1n) is 6.10. The highest BCUT2D eigenvalue weighted by atomic mass is 35.5. The minimum absolute atomic E-state index is 0.117. The molecule has 2 rings (SSSR count). The molecular weight excluding hydrogens is 292 g/mol. The predicted molar refractivity (Wildman–Crippen MR) is 79.5 cm³/mol. The van der Waals surface area contributed by atoms with E-state index in [0.29, 0.717) is 11.3 Å². The molecule has 108 valence electrons. The number of carbonyl (C=O) groups is 2. The van der Waals surface area contributed by atoms with E-state index in [2.05, 4.69) is 15.5 Å². The second-order valence-corrected chi connectivity index (χ2v) is 4.83. The number of amides is 2. The molecule has 7 heteroatoms. The largest absolute Gasteiger partial charge is 0.345 e. The second kappa shape index (κ2) is 6.32. The number of anilines is 1. The number of carbonyl (C=O) groups excluding carboxylic acids is 2. The first-order valence-corrected chi connectivity index (χ1v) is 6.48. The highest BCUT2D eigenvalue weighted by Gasteiger charge is 2.16. The highest BCUT2D eigenvalue weighted by Crippen LogP contribution is 2.17. The fourth-order valence-electron chi connectivity index (χ4n) is 1.64. The van der Waals surface area contributed by atoms with E-state index in [0.717, 1.165) is 0 Å². The molecule has 0 aliphatic rings. The van der Waals surface area contributed by atoms with Crippen LogP contribution in [0.25, 0.3) is 0 Å². The van der Waals surface area contributed by atoms with Gasteiger partial charge in [0, 0.05) is 14.1 Å². The second-order valence-electron chi connectivity index (χ2n) is 4.44. The average molecular weight is 305 g/mol. The standard InChI is InChI=1S/C14H13ClN4O2/c1-19(2)14(21)9-5-3-4-6-10(9)16-13(20)11-7-8-12(15)18-17-11/h3-8H,1-2H3,(H,16,20). The summed E-state index contributed by atoms with van der Waals surface area (Å²) in [7, 11) is 3.29. The van der Waals surface area contributed by atoms with Crippen LogP contribution in [0.1, 0.15) is 20.8 Å². The Morgan fingerprint density at radius 2 is 1.81 bits per heavy atom. The number of halogens is 1. The SMILES string of the molecule is CN(C)C(=O)c1ccccc1NC(=O)c1ccc(Cl)nn1. The molecule has 1 heterocycles. The average Bonchev–Trinajstić information content (AvgIpc) is 2.47. The van der Waals surface area contributed by atoms with Crippen molar-refractivity contribution in [2.75, 3.05) is 19.4 Å². The van der Waals surface area contributed by atoms with Gasteiger partial charge in [-0.3, -0.25) is 9.59 Å². The Kier molecular flexibility index (Phi) is 4.49. The lowest BCUT2D eigenvalue weighted by atomic mass is 10.1. The van der Waals surface area contributed by atoms with Gasteiger partial charge in [-0.1, -0.05) is 23.7 Å². The zero-order chi connectivity index (χ0) is 15.4. The minimum Gasteiger partial charge on any atom is -0.345 e. The molecule has 6 nitrogen and oxygen atoms in total. The van der Waals surface area contributed by atoms with Crippen LogP contribution >= 0.6 is 11.6 Å². The molecule has 0 radical (unpaired) electrons. The molecule has 0 atom stereocenters. The van der Waals surface area contributed by atoms with Crippen molar-refractivity contribution < 1.29 is 9.59 Å². The smallest absolute Gasteiger partial charge is 0.276 e. The fraction of sp³-hybridized carbons (Fsp3) is 0.143. The van der Waals surface area contributed by atoms with E-state index in [1.165, 1.54) is 17.0 Å². The molecule has 2 amide bonds. The van der Waals surface area contributed by atoms with Crippen LogP contribution in [0.3, 0.4) is 0 Å². The van der Waals surface area contributed by atoms with Gasteiger partial charge in [-0.05, 0) is 24.3 Å². The maximum atomic E-state index is 12.1. The molecule has 0 saturated heterocycles. The third-order valence-electron chi connectivity index (χ3n) is 2.68. The molecule has 1 aromatic carbocycles. The van der Waals surface area contributed by atoms with Crippen LogP contribution in [-0.2, 0) is 0 Å². The number of para-hydroxylation sites is 1. The molecule has 2 aromatic rings. The van der Waals surface area contributed by atoms with Crippen LogP contribution in [0.15, 0.2) is 36.4 Å². The Balaban J connectivity index is 2.25. The van der Waals surface area contributed by atoms with Gasteiger partial charge >= 0.3 is 0 Å². The summed E-state index contributed by atoms with van der Waals surface area (Å²) in [5.74, 6) is -0.661. The maximum Gasteiger partial charge on any atom is 0.276 e. The topological polar surface area (TPSA) is 75.2 Å². The Labute approximate surface area is 126 Å². The highest BCUT2D eigenvalue weighted by molar-refractivity contribution is 6.29. The molecule has 0 saturated carbocycles. The van der Waals surface area contributed by atoms with Crippen LogP contribution in [0, 0.1) is 0 Å². The fourth-order valence-corrected chi connectivity index (χ4v) is 1.74. The van der Waals surface area contributed by atoms with Crippen molar-refractivity contribution >= 4 is 29.1 Å². The van der Waals surface area contributed by atoms with E-state index in [1.807, 2.05) is 0 Å². The minimum atomic E-state index is -0.460. The molecular formula is C14H13ClN4O2. The van der Waals surface area contributed by atoms with Crippen LogP contribution in [-0.4, -0.2) is 41.0 Å². The van der Waals surface area contributed by atoms with Crippen molar-refractivity contribution in [2.24, 2.45) is 0 Å². The Morgan fingerprint density at radius 1 is 1.10 bits per heavy atom. The molecule has 0 bridgehead atoms. The third-order valence-corrected chi connectivity index (χ3v) is 2.88. The lowest BCUT2D eigenvalue weighted by Gasteiger charge is -2.14. The first-order chi connectivity index (χ1) is 9.99. The normalized spacial score (nSPS) is 10.0. The Morgan fingerprint density at radius 3 is 2.43 bits per heavy atom. The molecule has 0 unspecified atom stereocenters. The molecule has 0 fully saturated rings. The quantitative estimate of drug-likeness (QED) is 0.942. The maximum absolute atomic E-state index is 12.1. The van der Waals surface area contributed by atoms with Gasteiger partial charge < -0.3 is 10.2 Å². The molecule has 0 spiro atoms. The monoisotopic (exact) mass is 304 g/mol. The summed E-state index contributed by atoms with van der Waals surface area (Å²) in [4.78, 5) is 25.6. The van der Waals surface area contributed by atoms with E-state index >= 15 is 0 Å². The molecule has 1 N–H and O–H groups in total. The number of nitrogens with zero attached hydrogens (tertiary/aromatic N) is 3. The van der Waals surface area contributed by atoms with Crippen molar-refractivity contribution in [1.82, 2.24) is 15.1 Å². The number of aromatic nitrogens is 2. The summed E-state index contributed by atoms with van der Waals surface area (Å²) in [6, 6.07) is 9.69. The van der Waals surface area contributed by atoms with Gasteiger partial charge in [-0.15, -0.1) is 10.2 Å². The summed E-state index contributed by atoms with van der Waals surface area (Å²) in [5, 5.41) is 10.2. The first kappa shape index (κ1) is 14.9. The molecule has 21 heavy (non-hydrogen) atoms. The lowest BCUT2D eigenvalue weighted by Crippen LogP contribution is -2.24. The lowest BCUT2D eigenvalue weighted by molar-refractivity contribution is 0.0828. The van der Waals surface area contributed by atoms with Crippen LogP contribution in [0.2, 0.25) is 5.15 Å². The van der Waals surface area contributed by atoms with Crippen molar-refractivity contribution in [2.45, 2.75) is 0 Å². The summed E-state index contributed by atoms with van der Waals surface area (Å²) >= 11 is 5.62. The Bertz CT molecular complexity index is 671. The zero-order valence-corrected chi connectivity index (χ0v) is 12.3. The zero-order valence-electron chi connectivity index (χ0n) is 11.5. The number of hydrogen-bond acceptors (Lipinski definition) is 4. The van der Waals surface area contributed by atoms with Crippen LogP contribution in [0.5, 0.6) is 0 Å². The predicted octanol–water partition coefficient (Wildman–Crippen LogP) is 2.08. The van der Waals surface area contributed by atoms with E-state index in [4.69, 9.17) is 11.6 Å².